The molecule has 1 aromatic carbocycles. The van der Waals surface area contributed by atoms with Crippen LogP contribution in [0.2, 0.25) is 0 Å². The minimum absolute atomic E-state index is 0.198. The lowest BCUT2D eigenvalue weighted by Crippen LogP contribution is -2.32. The molecule has 0 N–H and O–H groups in total. The van der Waals surface area contributed by atoms with Crippen molar-refractivity contribution in [3.63, 3.8) is 0 Å². The van der Waals surface area contributed by atoms with Gasteiger partial charge in [0.15, 0.2) is 11.5 Å². The first-order valence-electron chi connectivity index (χ1n) is 6.44. The van der Waals surface area contributed by atoms with Gasteiger partial charge in [-0.3, -0.25) is 4.79 Å². The number of benzene rings is 1. The molecule has 0 fully saturated rings. The minimum atomic E-state index is -0.303. The molecule has 1 heterocycles. The Hall–Kier alpha value is -2.65. The number of ether oxygens (including phenoxy) is 1. The monoisotopic (exact) mass is 285 g/mol. The van der Waals surface area contributed by atoms with Gasteiger partial charge in [-0.2, -0.15) is 5.26 Å². The van der Waals surface area contributed by atoms with E-state index in [0.717, 1.165) is 0 Å². The van der Waals surface area contributed by atoms with Crippen LogP contribution in [0, 0.1) is 11.3 Å². The van der Waals surface area contributed by atoms with E-state index in [9.17, 15) is 4.79 Å². The second kappa shape index (κ2) is 7.22. The van der Waals surface area contributed by atoms with Gasteiger partial charge < -0.3 is 14.2 Å². The molecular weight excluding hydrogens is 270 g/mol. The van der Waals surface area contributed by atoms with Gasteiger partial charge in [-0.05, 0) is 12.1 Å². The third-order valence-corrected chi connectivity index (χ3v) is 2.82. The van der Waals surface area contributed by atoms with Crippen LogP contribution >= 0.6 is 0 Å². The zero-order valence-electron chi connectivity index (χ0n) is 11.7. The second-order valence-corrected chi connectivity index (χ2v) is 4.31. The molecule has 6 nitrogen and oxygen atoms in total. The zero-order valence-corrected chi connectivity index (χ0v) is 11.7. The third-order valence-electron chi connectivity index (χ3n) is 2.82. The average Bonchev–Trinajstić information content (AvgIpc) is 2.97. The Morgan fingerprint density at radius 1 is 1.43 bits per heavy atom. The Morgan fingerprint density at radius 3 is 2.86 bits per heavy atom. The summed E-state index contributed by atoms with van der Waals surface area (Å²) in [7, 11) is 1.53. The second-order valence-electron chi connectivity index (χ2n) is 4.31. The Bertz CT molecular complexity index is 631. The van der Waals surface area contributed by atoms with Crippen molar-refractivity contribution >= 4 is 11.6 Å². The lowest BCUT2D eigenvalue weighted by molar-refractivity contribution is 0.0978. The van der Waals surface area contributed by atoms with Crippen LogP contribution in [0.3, 0.4) is 0 Å². The molecule has 0 radical (unpaired) electrons. The molecule has 0 aliphatic heterocycles. The number of aromatic nitrogens is 1. The van der Waals surface area contributed by atoms with E-state index in [1.165, 1.54) is 12.0 Å². The molecule has 6 heteroatoms. The Kier molecular flexibility index (Phi) is 5.07. The maximum absolute atomic E-state index is 12.5. The summed E-state index contributed by atoms with van der Waals surface area (Å²) in [6.45, 7) is 0.551. The van der Waals surface area contributed by atoms with Crippen molar-refractivity contribution < 1.29 is 14.1 Å². The highest BCUT2D eigenvalue weighted by atomic mass is 16.5. The van der Waals surface area contributed by atoms with Crippen molar-refractivity contribution in [1.29, 1.82) is 5.26 Å². The maximum Gasteiger partial charge on any atom is 0.280 e. The molecule has 0 aliphatic rings. The number of methoxy groups -OCH3 is 1. The maximum atomic E-state index is 12.5. The van der Waals surface area contributed by atoms with E-state index < -0.39 is 0 Å². The van der Waals surface area contributed by atoms with Crippen LogP contribution in [-0.2, 0) is 11.3 Å². The smallest absolute Gasteiger partial charge is 0.280 e. The summed E-state index contributed by atoms with van der Waals surface area (Å²) in [6.07, 6.45) is 0.239. The van der Waals surface area contributed by atoms with E-state index in [4.69, 9.17) is 14.5 Å². The number of nitriles is 1. The molecule has 0 saturated carbocycles. The van der Waals surface area contributed by atoms with Crippen LogP contribution in [-0.4, -0.2) is 24.7 Å². The number of nitrogens with zero attached hydrogens (tertiary/aromatic N) is 3. The SMILES string of the molecule is COCc1cc(C(=O)N(CCC#N)c2ccccc2)no1. The van der Waals surface area contributed by atoms with Crippen molar-refractivity contribution in [1.82, 2.24) is 5.16 Å². The molecule has 21 heavy (non-hydrogen) atoms. The molecule has 0 atom stereocenters. The van der Waals surface area contributed by atoms with E-state index in [-0.39, 0.29) is 24.6 Å². The predicted octanol–water partition coefficient (Wildman–Crippen LogP) is 2.38. The molecule has 0 unspecified atom stereocenters. The summed E-state index contributed by atoms with van der Waals surface area (Å²) in [5.74, 6) is 0.177. The number of rotatable bonds is 6. The van der Waals surface area contributed by atoms with Gasteiger partial charge in [0, 0.05) is 25.4 Å². The van der Waals surface area contributed by atoms with E-state index in [1.807, 2.05) is 36.4 Å². The Balaban J connectivity index is 2.23. The average molecular weight is 285 g/mol. The van der Waals surface area contributed by atoms with E-state index in [2.05, 4.69) is 5.16 Å². The number of hydrogen-bond acceptors (Lipinski definition) is 5. The van der Waals surface area contributed by atoms with Gasteiger partial charge >= 0.3 is 0 Å². The van der Waals surface area contributed by atoms with Crippen molar-refractivity contribution in [2.45, 2.75) is 13.0 Å². The molecule has 1 aromatic heterocycles. The zero-order chi connectivity index (χ0) is 15.1. The van der Waals surface area contributed by atoms with Crippen molar-refractivity contribution in [2.24, 2.45) is 0 Å². The molecule has 108 valence electrons. The van der Waals surface area contributed by atoms with Gasteiger partial charge in [0.25, 0.3) is 5.91 Å². The van der Waals surface area contributed by atoms with Crippen molar-refractivity contribution in [3.8, 4) is 6.07 Å². The fourth-order valence-electron chi connectivity index (χ4n) is 1.88. The summed E-state index contributed by atoms with van der Waals surface area (Å²) in [5, 5.41) is 12.5. The summed E-state index contributed by atoms with van der Waals surface area (Å²) < 4.78 is 9.96. The molecule has 2 aromatic rings. The fraction of sp³-hybridized carbons (Fsp3) is 0.267. The molecular formula is C15H15N3O3. The molecule has 0 bridgehead atoms. The van der Waals surface area contributed by atoms with Gasteiger partial charge in [-0.25, -0.2) is 0 Å². The van der Waals surface area contributed by atoms with Gasteiger partial charge in [0.2, 0.25) is 0 Å². The number of hydrogen-bond donors (Lipinski definition) is 0. The minimum Gasteiger partial charge on any atom is -0.377 e. The summed E-state index contributed by atoms with van der Waals surface area (Å²) >= 11 is 0. The quantitative estimate of drug-likeness (QED) is 0.814. The standard InChI is InChI=1S/C15H15N3O3/c1-20-11-13-10-14(17-21-13)15(19)18(9-5-8-16)12-6-3-2-4-7-12/h2-4,6-7,10H,5,9,11H2,1H3. The largest absolute Gasteiger partial charge is 0.377 e. The van der Waals surface area contributed by atoms with Gasteiger partial charge in [0.1, 0.15) is 6.61 Å². The molecule has 0 aliphatic carbocycles. The first-order chi connectivity index (χ1) is 10.3. The van der Waals surface area contributed by atoms with Crippen LogP contribution in [0.1, 0.15) is 22.7 Å². The lowest BCUT2D eigenvalue weighted by Gasteiger charge is -2.20. The first kappa shape index (κ1) is 14.8. The van der Waals surface area contributed by atoms with E-state index >= 15 is 0 Å². The highest BCUT2D eigenvalue weighted by molar-refractivity contribution is 6.04. The highest BCUT2D eigenvalue weighted by Gasteiger charge is 2.21. The van der Waals surface area contributed by atoms with Crippen LogP contribution in [0.25, 0.3) is 0 Å². The number of carbonyl (C=O) groups excluding carboxylic acids is 1. The van der Waals surface area contributed by atoms with Crippen molar-refractivity contribution in [2.75, 3.05) is 18.6 Å². The lowest BCUT2D eigenvalue weighted by atomic mass is 10.2. The van der Waals surface area contributed by atoms with E-state index in [0.29, 0.717) is 18.0 Å². The van der Waals surface area contributed by atoms with Crippen molar-refractivity contribution in [3.05, 3.63) is 47.9 Å². The van der Waals surface area contributed by atoms with Crippen LogP contribution < -0.4 is 4.90 Å². The molecule has 0 spiro atoms. The molecule has 1 amide bonds. The van der Waals surface area contributed by atoms with Crippen LogP contribution in [0.5, 0.6) is 0 Å². The van der Waals surface area contributed by atoms with Gasteiger partial charge in [-0.15, -0.1) is 0 Å². The van der Waals surface area contributed by atoms with Crippen LogP contribution in [0.4, 0.5) is 5.69 Å². The van der Waals surface area contributed by atoms with E-state index in [1.54, 1.807) is 6.07 Å². The Labute approximate surface area is 122 Å². The molecule has 0 saturated heterocycles. The summed E-state index contributed by atoms with van der Waals surface area (Å²) in [4.78, 5) is 14.0. The summed E-state index contributed by atoms with van der Waals surface area (Å²) in [6, 6.07) is 12.7. The first-order valence-corrected chi connectivity index (χ1v) is 6.44. The highest BCUT2D eigenvalue weighted by Crippen LogP contribution is 2.17. The number of amides is 1. The van der Waals surface area contributed by atoms with Gasteiger partial charge in [-0.1, -0.05) is 23.4 Å². The number of para-hydroxylation sites is 1. The predicted molar refractivity (Wildman–Crippen MR) is 75.6 cm³/mol. The molecule has 2 rings (SSSR count). The van der Waals surface area contributed by atoms with Gasteiger partial charge in [0.05, 0.1) is 12.5 Å². The Morgan fingerprint density at radius 2 is 2.19 bits per heavy atom. The fourth-order valence-corrected chi connectivity index (χ4v) is 1.88. The third kappa shape index (κ3) is 3.68. The summed E-state index contributed by atoms with van der Waals surface area (Å²) in [5.41, 5.74) is 0.915. The number of carbonyl (C=O) groups is 1. The topological polar surface area (TPSA) is 79.4 Å². The van der Waals surface area contributed by atoms with Crippen LogP contribution in [0.15, 0.2) is 40.9 Å². The normalized spacial score (nSPS) is 10.1. The number of anilines is 1.